The van der Waals surface area contributed by atoms with Crippen molar-refractivity contribution in [1.82, 2.24) is 19.5 Å². The summed E-state index contributed by atoms with van der Waals surface area (Å²) in [5, 5.41) is 23.2. The molecule has 4 N–H and O–H groups in total. The third-order valence-electron chi connectivity index (χ3n) is 3.69. The smallest absolute Gasteiger partial charge is 0.325 e. The molecule has 0 bridgehead atoms. The maximum absolute atomic E-state index is 11.2. The maximum atomic E-state index is 11.2. The molecule has 0 radical (unpaired) electrons. The van der Waals surface area contributed by atoms with Gasteiger partial charge in [0.05, 0.1) is 12.9 Å². The highest BCUT2D eigenvalue weighted by atomic mass is 31.2. The van der Waals surface area contributed by atoms with Crippen LogP contribution in [0.15, 0.2) is 12.7 Å². The quantitative estimate of drug-likeness (QED) is 0.505. The molecule has 3 heterocycles. The minimum Gasteiger partial charge on any atom is -0.387 e. The van der Waals surface area contributed by atoms with Gasteiger partial charge in [-0.05, 0) is 0 Å². The zero-order chi connectivity index (χ0) is 17.5. The van der Waals surface area contributed by atoms with Gasteiger partial charge in [0.2, 0.25) is 0 Å². The van der Waals surface area contributed by atoms with E-state index in [1.807, 2.05) is 0 Å². The maximum Gasteiger partial charge on any atom is 0.325 e. The number of hydrogen-bond acceptors (Lipinski definition) is 9. The van der Waals surface area contributed by atoms with E-state index in [0.29, 0.717) is 17.0 Å². The van der Waals surface area contributed by atoms with E-state index in [9.17, 15) is 19.7 Å². The van der Waals surface area contributed by atoms with Crippen LogP contribution in [0, 0.1) is 0 Å². The summed E-state index contributed by atoms with van der Waals surface area (Å²) in [6.45, 7) is 0.699. The van der Waals surface area contributed by atoms with Crippen LogP contribution in [0.4, 0.5) is 5.82 Å². The predicted molar refractivity (Wildman–Crippen MR) is 82.5 cm³/mol. The average molecular weight is 359 g/mol. The summed E-state index contributed by atoms with van der Waals surface area (Å²) >= 11 is 0. The van der Waals surface area contributed by atoms with E-state index in [-0.39, 0.29) is 6.61 Å². The van der Waals surface area contributed by atoms with Crippen molar-refractivity contribution in [2.24, 2.45) is 0 Å². The molecule has 0 aromatic carbocycles. The topological polar surface area (TPSA) is 152 Å². The molecule has 0 spiro atoms. The lowest BCUT2D eigenvalue weighted by Crippen LogP contribution is -2.33. The fraction of sp³-hybridized carbons (Fsp3) is 0.583. The first-order chi connectivity index (χ1) is 11.3. The molecule has 1 saturated heterocycles. The van der Waals surface area contributed by atoms with E-state index in [0.717, 1.165) is 6.66 Å². The van der Waals surface area contributed by atoms with Crippen molar-refractivity contribution in [1.29, 1.82) is 0 Å². The summed E-state index contributed by atoms with van der Waals surface area (Å²) in [7, 11) is -2.02. The molecule has 1 aliphatic heterocycles. The molecule has 3 rings (SSSR count). The van der Waals surface area contributed by atoms with Gasteiger partial charge in [-0.2, -0.15) is 0 Å². The van der Waals surface area contributed by atoms with E-state index in [2.05, 4.69) is 20.3 Å². The number of hydrogen-bond donors (Lipinski definition) is 4. The van der Waals surface area contributed by atoms with Crippen LogP contribution in [-0.4, -0.2) is 73.3 Å². The number of anilines is 1. The summed E-state index contributed by atoms with van der Waals surface area (Å²) in [5.41, 5.74) is 0.897. The molecule has 0 saturated carbocycles. The van der Waals surface area contributed by atoms with Crippen molar-refractivity contribution >= 4 is 24.6 Å². The molecule has 11 nitrogen and oxygen atoms in total. The number of aliphatic hydroxyl groups is 2. The van der Waals surface area contributed by atoms with Crippen LogP contribution in [0.3, 0.4) is 0 Å². The second kappa shape index (κ2) is 6.36. The van der Waals surface area contributed by atoms with E-state index in [4.69, 9.17) is 9.26 Å². The molecule has 132 valence electrons. The molecule has 0 amide bonds. The van der Waals surface area contributed by atoms with Crippen LogP contribution in [0.25, 0.3) is 11.2 Å². The summed E-state index contributed by atoms with van der Waals surface area (Å²) in [6.07, 6.45) is -1.74. The Hall–Kier alpha value is -1.62. The Balaban J connectivity index is 1.86. The number of ether oxygens (including phenoxy) is 1. The van der Waals surface area contributed by atoms with Crippen molar-refractivity contribution in [3.05, 3.63) is 12.7 Å². The fourth-order valence-corrected chi connectivity index (χ4v) is 2.95. The normalized spacial score (nSPS) is 29.7. The first kappa shape index (κ1) is 17.2. The lowest BCUT2D eigenvalue weighted by molar-refractivity contribution is -0.0483. The third-order valence-corrected chi connectivity index (χ3v) is 4.31. The molecule has 2 unspecified atom stereocenters. The zero-order valence-electron chi connectivity index (χ0n) is 13.0. The molecule has 5 atom stereocenters. The number of nitrogens with one attached hydrogen (secondary N) is 1. The summed E-state index contributed by atoms with van der Waals surface area (Å²) in [6, 6.07) is 0. The average Bonchev–Trinajstić information content (AvgIpc) is 3.07. The molecule has 0 aliphatic carbocycles. The van der Waals surface area contributed by atoms with Crippen molar-refractivity contribution in [2.45, 2.75) is 24.5 Å². The van der Waals surface area contributed by atoms with E-state index >= 15 is 0 Å². The number of aromatic nitrogens is 4. The molecular formula is C12H18N5O6P. The van der Waals surface area contributed by atoms with Crippen LogP contribution in [0.2, 0.25) is 0 Å². The molecule has 12 heteroatoms. The van der Waals surface area contributed by atoms with Gasteiger partial charge < -0.3 is 29.7 Å². The van der Waals surface area contributed by atoms with Gasteiger partial charge in [-0.3, -0.25) is 9.13 Å². The van der Waals surface area contributed by atoms with Gasteiger partial charge in [-0.25, -0.2) is 15.0 Å². The van der Waals surface area contributed by atoms with E-state index in [1.54, 1.807) is 7.05 Å². The van der Waals surface area contributed by atoms with Gasteiger partial charge in [0.1, 0.15) is 30.2 Å². The van der Waals surface area contributed by atoms with E-state index in [1.165, 1.54) is 17.2 Å². The summed E-state index contributed by atoms with van der Waals surface area (Å²) in [5.74, 6) is 0.513. The standard InChI is InChI=1S/C12H18N5O6P/c1-13-10-7-11(15-4-14-10)17(5-16-7)12-9(19)8(18)6(23-12)3-22-24(2,20)21/h4-6,8-9,12,18-19H,3H2,1-2H3,(H,20,21)(H,13,14,15)/t6-,8?,9+,12-/m1/s1. The Morgan fingerprint density at radius 3 is 2.79 bits per heavy atom. The largest absolute Gasteiger partial charge is 0.387 e. The number of imidazole rings is 1. The second-order valence-corrected chi connectivity index (χ2v) is 7.31. The Morgan fingerprint density at radius 1 is 1.38 bits per heavy atom. The first-order valence-corrected chi connectivity index (χ1v) is 9.16. The van der Waals surface area contributed by atoms with Gasteiger partial charge >= 0.3 is 7.60 Å². The third kappa shape index (κ3) is 3.14. The highest BCUT2D eigenvalue weighted by Crippen LogP contribution is 2.39. The number of aliphatic hydroxyl groups excluding tert-OH is 2. The molecule has 1 fully saturated rings. The molecule has 2 aromatic heterocycles. The molecule has 24 heavy (non-hydrogen) atoms. The van der Waals surface area contributed by atoms with Crippen molar-refractivity contribution in [2.75, 3.05) is 25.6 Å². The van der Waals surface area contributed by atoms with Gasteiger partial charge in [0.15, 0.2) is 17.7 Å². The van der Waals surface area contributed by atoms with Gasteiger partial charge in [-0.15, -0.1) is 0 Å². The first-order valence-electron chi connectivity index (χ1n) is 7.13. The van der Waals surface area contributed by atoms with Crippen LogP contribution in [0.5, 0.6) is 0 Å². The fourth-order valence-electron chi connectivity index (χ4n) is 2.53. The lowest BCUT2D eigenvalue weighted by Gasteiger charge is -2.16. The monoisotopic (exact) mass is 359 g/mol. The second-order valence-electron chi connectivity index (χ2n) is 5.44. The summed E-state index contributed by atoms with van der Waals surface area (Å²) in [4.78, 5) is 21.5. The lowest BCUT2D eigenvalue weighted by atomic mass is 10.1. The van der Waals surface area contributed by atoms with E-state index < -0.39 is 32.1 Å². The number of nitrogens with zero attached hydrogens (tertiary/aromatic N) is 4. The number of fused-ring (bicyclic) bond motifs is 1. The van der Waals surface area contributed by atoms with Gasteiger partial charge in [0.25, 0.3) is 0 Å². The Bertz CT molecular complexity index is 778. The van der Waals surface area contributed by atoms with Gasteiger partial charge in [0, 0.05) is 13.7 Å². The minimum absolute atomic E-state index is 0.331. The van der Waals surface area contributed by atoms with Crippen molar-refractivity contribution in [3.8, 4) is 0 Å². The SMILES string of the molecule is CNc1ncnc2c1ncn2[C@@H]1O[C@H](COP(C)(=O)O)C(O)[C@@H]1O. The highest BCUT2D eigenvalue weighted by molar-refractivity contribution is 7.51. The zero-order valence-corrected chi connectivity index (χ0v) is 13.9. The molecule has 2 aromatic rings. The minimum atomic E-state index is -3.71. The van der Waals surface area contributed by atoms with Crippen LogP contribution >= 0.6 is 7.60 Å². The molecule has 1 aliphatic rings. The van der Waals surface area contributed by atoms with Crippen LogP contribution < -0.4 is 5.32 Å². The molecular weight excluding hydrogens is 341 g/mol. The highest BCUT2D eigenvalue weighted by Gasteiger charge is 2.45. The van der Waals surface area contributed by atoms with Crippen LogP contribution in [-0.2, 0) is 13.8 Å². The van der Waals surface area contributed by atoms with Crippen molar-refractivity contribution in [3.63, 3.8) is 0 Å². The van der Waals surface area contributed by atoms with Crippen LogP contribution in [0.1, 0.15) is 6.23 Å². The summed E-state index contributed by atoms with van der Waals surface area (Å²) < 4.78 is 23.0. The number of rotatable bonds is 5. The Labute approximate surface area is 136 Å². The predicted octanol–water partition coefficient (Wildman–Crippen LogP) is -0.681. The van der Waals surface area contributed by atoms with Crippen molar-refractivity contribution < 1.29 is 28.9 Å². The van der Waals surface area contributed by atoms with Gasteiger partial charge in [-0.1, -0.05) is 0 Å². The Morgan fingerprint density at radius 2 is 2.12 bits per heavy atom. The Kier molecular flexibility index (Phi) is 4.56.